The van der Waals surface area contributed by atoms with Crippen LogP contribution in [0.25, 0.3) is 10.4 Å². The molecule has 8 heteroatoms. The number of fused-ring (bicyclic) bond motifs is 1. The van der Waals surface area contributed by atoms with Crippen molar-refractivity contribution in [2.24, 2.45) is 0 Å². The van der Waals surface area contributed by atoms with Crippen molar-refractivity contribution in [2.75, 3.05) is 27.4 Å². The second-order valence-corrected chi connectivity index (χ2v) is 7.41. The molecule has 0 spiro atoms. The maximum Gasteiger partial charge on any atom is 0.356 e. The summed E-state index contributed by atoms with van der Waals surface area (Å²) in [6.07, 6.45) is 1.67. The molecule has 1 aromatic carbocycles. The quantitative estimate of drug-likeness (QED) is 0.663. The molecule has 28 heavy (non-hydrogen) atoms. The van der Waals surface area contributed by atoms with Crippen LogP contribution in [0.4, 0.5) is 0 Å². The largest absolute Gasteiger partial charge is 0.493 e. The van der Waals surface area contributed by atoms with E-state index in [2.05, 4.69) is 32.6 Å². The number of rotatable bonds is 5. The maximum absolute atomic E-state index is 11.9. The van der Waals surface area contributed by atoms with Gasteiger partial charge < -0.3 is 14.2 Å². The number of esters is 1. The molecule has 0 atom stereocenters. The fraction of sp³-hybridized carbons (Fsp3) is 0.300. The molecule has 0 unspecified atom stereocenters. The van der Waals surface area contributed by atoms with Crippen LogP contribution in [0.1, 0.15) is 21.6 Å². The van der Waals surface area contributed by atoms with Gasteiger partial charge in [-0.25, -0.2) is 4.79 Å². The number of nitrogens with zero attached hydrogens (tertiary/aromatic N) is 2. The molecule has 146 valence electrons. The van der Waals surface area contributed by atoms with E-state index in [-0.39, 0.29) is 0 Å². The monoisotopic (exact) mass is 399 g/mol. The number of thiophene rings is 1. The zero-order chi connectivity index (χ0) is 19.5. The van der Waals surface area contributed by atoms with E-state index in [1.807, 2.05) is 12.1 Å². The molecule has 2 aromatic heterocycles. The number of nitrogens with one attached hydrogen (secondary N) is 1. The number of ether oxygens (including phenoxy) is 3. The lowest BCUT2D eigenvalue weighted by molar-refractivity contribution is 0.0591. The van der Waals surface area contributed by atoms with Crippen LogP contribution in [0, 0.1) is 0 Å². The Hall–Kier alpha value is -2.84. The lowest BCUT2D eigenvalue weighted by Crippen LogP contribution is -2.26. The molecule has 3 heterocycles. The van der Waals surface area contributed by atoms with Gasteiger partial charge in [0.15, 0.2) is 11.5 Å². The number of methoxy groups -OCH3 is 2. The summed E-state index contributed by atoms with van der Waals surface area (Å²) < 4.78 is 16.4. The molecule has 0 saturated carbocycles. The number of H-pyrrole nitrogens is 1. The molecular weight excluding hydrogens is 378 g/mol. The van der Waals surface area contributed by atoms with E-state index in [1.165, 1.54) is 12.0 Å². The third kappa shape index (κ3) is 3.61. The fourth-order valence-corrected chi connectivity index (χ4v) is 4.08. The molecule has 7 nitrogen and oxygen atoms in total. The van der Waals surface area contributed by atoms with Crippen LogP contribution in [-0.4, -0.2) is 48.4 Å². The Bertz CT molecular complexity index is 968. The number of carbonyl (C=O) groups excluding carboxylic acids is 1. The molecule has 0 fully saturated rings. The lowest BCUT2D eigenvalue weighted by atomic mass is 10.1. The second-order valence-electron chi connectivity index (χ2n) is 6.46. The van der Waals surface area contributed by atoms with Gasteiger partial charge in [0.25, 0.3) is 0 Å². The molecule has 4 rings (SSSR count). The van der Waals surface area contributed by atoms with Crippen LogP contribution in [0.5, 0.6) is 11.5 Å². The summed E-state index contributed by atoms with van der Waals surface area (Å²) in [4.78, 5) is 15.3. The highest BCUT2D eigenvalue weighted by molar-refractivity contribution is 7.13. The first-order chi connectivity index (χ1) is 13.7. The summed E-state index contributed by atoms with van der Waals surface area (Å²) >= 11 is 1.69. The normalized spacial score (nSPS) is 14.1. The van der Waals surface area contributed by atoms with E-state index >= 15 is 0 Å². The number of carbonyl (C=O) groups is 1. The van der Waals surface area contributed by atoms with Crippen molar-refractivity contribution in [1.82, 2.24) is 15.1 Å². The fourth-order valence-electron chi connectivity index (χ4n) is 3.36. The van der Waals surface area contributed by atoms with Gasteiger partial charge in [-0.05, 0) is 29.1 Å². The molecule has 0 aliphatic carbocycles. The second kappa shape index (κ2) is 8.04. The van der Waals surface area contributed by atoms with Crippen molar-refractivity contribution in [3.05, 3.63) is 52.7 Å². The predicted molar refractivity (Wildman–Crippen MR) is 106 cm³/mol. The summed E-state index contributed by atoms with van der Waals surface area (Å²) in [7, 11) is 3.02. The van der Waals surface area contributed by atoms with Gasteiger partial charge in [-0.15, -0.1) is 11.3 Å². The highest BCUT2D eigenvalue weighted by Gasteiger charge is 2.23. The van der Waals surface area contributed by atoms with Crippen LogP contribution in [0.15, 0.2) is 35.8 Å². The zero-order valence-corrected chi connectivity index (χ0v) is 16.5. The van der Waals surface area contributed by atoms with Crippen LogP contribution >= 0.6 is 11.3 Å². The summed E-state index contributed by atoms with van der Waals surface area (Å²) in [6.45, 7) is 2.50. The lowest BCUT2D eigenvalue weighted by Gasteiger charge is -2.19. The van der Waals surface area contributed by atoms with Gasteiger partial charge in [-0.3, -0.25) is 10.00 Å². The number of aromatic nitrogens is 2. The molecule has 1 N–H and O–H groups in total. The molecule has 0 bridgehead atoms. The number of aromatic amines is 1. The van der Waals surface area contributed by atoms with Crippen LogP contribution in [0.3, 0.4) is 0 Å². The summed E-state index contributed by atoms with van der Waals surface area (Å²) in [5, 5.41) is 8.78. The molecule has 0 saturated heterocycles. The Morgan fingerprint density at radius 3 is 3.04 bits per heavy atom. The Morgan fingerprint density at radius 1 is 1.39 bits per heavy atom. The zero-order valence-electron chi connectivity index (χ0n) is 15.7. The van der Waals surface area contributed by atoms with Gasteiger partial charge in [-0.1, -0.05) is 6.07 Å². The van der Waals surface area contributed by atoms with Gasteiger partial charge >= 0.3 is 5.97 Å². The molecule has 1 aliphatic rings. The van der Waals surface area contributed by atoms with Crippen molar-refractivity contribution in [1.29, 1.82) is 0 Å². The minimum atomic E-state index is -0.416. The van der Waals surface area contributed by atoms with Gasteiger partial charge in [-0.2, -0.15) is 5.10 Å². The number of hydrogen-bond acceptors (Lipinski definition) is 7. The van der Waals surface area contributed by atoms with Crippen molar-refractivity contribution >= 4 is 17.3 Å². The molecule has 1 aliphatic heterocycles. The van der Waals surface area contributed by atoms with E-state index in [4.69, 9.17) is 14.2 Å². The molecule has 0 amide bonds. The van der Waals surface area contributed by atoms with E-state index in [0.29, 0.717) is 25.4 Å². The first kappa shape index (κ1) is 18.5. The van der Waals surface area contributed by atoms with E-state index in [1.54, 1.807) is 24.6 Å². The maximum atomic E-state index is 11.9. The first-order valence-electron chi connectivity index (χ1n) is 8.90. The SMILES string of the molecule is COC(=O)c1[nH]ncc1CN1CCOc2c(cc(-c3cccs3)cc2OC)C1. The topological polar surface area (TPSA) is 76.7 Å². The van der Waals surface area contributed by atoms with Crippen LogP contribution < -0.4 is 9.47 Å². The average molecular weight is 399 g/mol. The smallest absolute Gasteiger partial charge is 0.356 e. The number of benzene rings is 1. The summed E-state index contributed by atoms with van der Waals surface area (Å²) in [5.74, 6) is 1.10. The standard InChI is InChI=1S/C20H21N3O4S/c1-25-16-9-13(17-4-3-7-28-17)8-14-11-23(5-6-27-19(14)16)12-15-10-21-22-18(15)20(24)26-2/h3-4,7-10H,5-6,11-12H2,1-2H3,(H,21,22). The Morgan fingerprint density at radius 2 is 2.29 bits per heavy atom. The molecule has 0 radical (unpaired) electrons. The Labute approximate surface area is 166 Å². The van der Waals surface area contributed by atoms with Crippen molar-refractivity contribution < 1.29 is 19.0 Å². The third-order valence-electron chi connectivity index (χ3n) is 4.71. The van der Waals surface area contributed by atoms with Crippen LogP contribution in [-0.2, 0) is 17.8 Å². The van der Waals surface area contributed by atoms with E-state index < -0.39 is 5.97 Å². The summed E-state index contributed by atoms with van der Waals surface area (Å²) in [5.41, 5.74) is 3.35. The van der Waals surface area contributed by atoms with Crippen molar-refractivity contribution in [2.45, 2.75) is 13.1 Å². The van der Waals surface area contributed by atoms with Gasteiger partial charge in [0.2, 0.25) is 0 Å². The third-order valence-corrected chi connectivity index (χ3v) is 5.63. The predicted octanol–water partition coefficient (Wildman–Crippen LogP) is 3.33. The summed E-state index contributed by atoms with van der Waals surface area (Å²) in [6, 6.07) is 8.30. The minimum absolute atomic E-state index is 0.387. The first-order valence-corrected chi connectivity index (χ1v) is 9.78. The Balaban J connectivity index is 1.63. The highest BCUT2D eigenvalue weighted by Crippen LogP contribution is 2.39. The van der Waals surface area contributed by atoms with E-state index in [0.717, 1.165) is 34.7 Å². The Kier molecular flexibility index (Phi) is 5.31. The molecular formula is C20H21N3O4S. The molecule has 3 aromatic rings. The average Bonchev–Trinajstić information content (AvgIpc) is 3.36. The van der Waals surface area contributed by atoms with Crippen molar-refractivity contribution in [3.63, 3.8) is 0 Å². The van der Waals surface area contributed by atoms with Gasteiger partial charge in [0.1, 0.15) is 12.3 Å². The number of hydrogen-bond donors (Lipinski definition) is 1. The van der Waals surface area contributed by atoms with Crippen molar-refractivity contribution in [3.8, 4) is 21.9 Å². The highest BCUT2D eigenvalue weighted by atomic mass is 32.1. The van der Waals surface area contributed by atoms with Crippen LogP contribution in [0.2, 0.25) is 0 Å². The van der Waals surface area contributed by atoms with Gasteiger partial charge in [0.05, 0.1) is 20.4 Å². The van der Waals surface area contributed by atoms with E-state index in [9.17, 15) is 4.79 Å². The van der Waals surface area contributed by atoms with Gasteiger partial charge in [0, 0.05) is 35.6 Å². The minimum Gasteiger partial charge on any atom is -0.493 e.